The molecule has 0 spiro atoms. The molecule has 0 amide bonds. The zero-order valence-electron chi connectivity index (χ0n) is 12.3. The first-order chi connectivity index (χ1) is 9.11. The summed E-state index contributed by atoms with van der Waals surface area (Å²) in [5.74, 6) is 0.919. The third kappa shape index (κ3) is 3.48. The van der Waals surface area contributed by atoms with E-state index in [1.807, 2.05) is 12.1 Å². The van der Waals surface area contributed by atoms with Crippen LogP contribution in [-0.4, -0.2) is 31.1 Å². The summed E-state index contributed by atoms with van der Waals surface area (Å²) < 4.78 is 5.21. The predicted octanol–water partition coefficient (Wildman–Crippen LogP) is 2.96. The van der Waals surface area contributed by atoms with Crippen molar-refractivity contribution in [2.75, 3.05) is 14.2 Å². The van der Waals surface area contributed by atoms with Gasteiger partial charge in [0.25, 0.3) is 0 Å². The highest BCUT2D eigenvalue weighted by Crippen LogP contribution is 2.29. The van der Waals surface area contributed by atoms with Crippen molar-refractivity contribution in [3.05, 3.63) is 29.8 Å². The van der Waals surface area contributed by atoms with Crippen molar-refractivity contribution in [3.63, 3.8) is 0 Å². The summed E-state index contributed by atoms with van der Waals surface area (Å²) in [7, 11) is 3.94. The molecule has 1 unspecified atom stereocenters. The Balaban J connectivity index is 1.99. The van der Waals surface area contributed by atoms with Gasteiger partial charge in [0.1, 0.15) is 5.75 Å². The lowest BCUT2D eigenvalue weighted by Crippen LogP contribution is -2.39. The minimum atomic E-state index is 0.418. The second-order valence-electron chi connectivity index (χ2n) is 5.68. The molecule has 1 saturated carbocycles. The average molecular weight is 262 g/mol. The molecule has 0 radical (unpaired) electrons. The van der Waals surface area contributed by atoms with E-state index in [0.29, 0.717) is 18.1 Å². The summed E-state index contributed by atoms with van der Waals surface area (Å²) in [6.07, 6.45) is 4.75. The fourth-order valence-corrected chi connectivity index (χ4v) is 2.94. The van der Waals surface area contributed by atoms with E-state index in [1.54, 1.807) is 7.11 Å². The molecular formula is C16H26N2O. The van der Waals surface area contributed by atoms with Crippen LogP contribution in [0.1, 0.15) is 44.2 Å². The van der Waals surface area contributed by atoms with E-state index in [9.17, 15) is 0 Å². The summed E-state index contributed by atoms with van der Waals surface area (Å²) in [5.41, 5.74) is 7.33. The summed E-state index contributed by atoms with van der Waals surface area (Å²) >= 11 is 0. The molecule has 3 nitrogen and oxygen atoms in total. The Bertz CT molecular complexity index is 382. The largest absolute Gasteiger partial charge is 0.497 e. The number of hydrogen-bond donors (Lipinski definition) is 1. The first-order valence-corrected chi connectivity index (χ1v) is 7.23. The van der Waals surface area contributed by atoms with Crippen molar-refractivity contribution in [3.8, 4) is 5.75 Å². The molecular weight excluding hydrogens is 236 g/mol. The van der Waals surface area contributed by atoms with Crippen LogP contribution in [0.25, 0.3) is 0 Å². The smallest absolute Gasteiger partial charge is 0.118 e. The van der Waals surface area contributed by atoms with E-state index in [1.165, 1.54) is 18.4 Å². The molecule has 0 saturated heterocycles. The SMILES string of the molecule is COc1ccc(C(C)N(C)C2CCC(N)CC2)cc1. The third-order valence-corrected chi connectivity index (χ3v) is 4.53. The van der Waals surface area contributed by atoms with Gasteiger partial charge in [0, 0.05) is 18.1 Å². The molecule has 0 heterocycles. The molecule has 3 heteroatoms. The number of nitrogens with two attached hydrogens (primary N) is 1. The Labute approximate surface area is 116 Å². The highest BCUT2D eigenvalue weighted by molar-refractivity contribution is 5.28. The van der Waals surface area contributed by atoms with E-state index < -0.39 is 0 Å². The van der Waals surface area contributed by atoms with Crippen molar-refractivity contribution in [1.82, 2.24) is 4.90 Å². The minimum Gasteiger partial charge on any atom is -0.497 e. The molecule has 2 rings (SSSR count). The van der Waals surface area contributed by atoms with Gasteiger partial charge in [-0.1, -0.05) is 12.1 Å². The molecule has 1 aliphatic rings. The quantitative estimate of drug-likeness (QED) is 0.906. The van der Waals surface area contributed by atoms with Crippen molar-refractivity contribution in [2.24, 2.45) is 5.73 Å². The second-order valence-corrected chi connectivity index (χ2v) is 5.68. The van der Waals surface area contributed by atoms with Crippen LogP contribution in [0.4, 0.5) is 0 Å². The molecule has 1 fully saturated rings. The van der Waals surface area contributed by atoms with Gasteiger partial charge >= 0.3 is 0 Å². The van der Waals surface area contributed by atoms with Crippen LogP contribution in [0.3, 0.4) is 0 Å². The van der Waals surface area contributed by atoms with Crippen LogP contribution in [0.2, 0.25) is 0 Å². The minimum absolute atomic E-state index is 0.418. The highest BCUT2D eigenvalue weighted by atomic mass is 16.5. The van der Waals surface area contributed by atoms with Gasteiger partial charge in [-0.25, -0.2) is 0 Å². The van der Waals surface area contributed by atoms with Gasteiger partial charge in [-0.15, -0.1) is 0 Å². The molecule has 0 bridgehead atoms. The van der Waals surface area contributed by atoms with Gasteiger partial charge < -0.3 is 10.5 Å². The molecule has 19 heavy (non-hydrogen) atoms. The Hall–Kier alpha value is -1.06. The molecule has 1 aromatic rings. The van der Waals surface area contributed by atoms with E-state index >= 15 is 0 Å². The van der Waals surface area contributed by atoms with Gasteiger partial charge in [0.15, 0.2) is 0 Å². The van der Waals surface area contributed by atoms with Gasteiger partial charge in [0.05, 0.1) is 7.11 Å². The van der Waals surface area contributed by atoms with Crippen molar-refractivity contribution in [2.45, 2.75) is 50.7 Å². The fraction of sp³-hybridized carbons (Fsp3) is 0.625. The summed E-state index contributed by atoms with van der Waals surface area (Å²) in [4.78, 5) is 2.49. The second kappa shape index (κ2) is 6.40. The van der Waals surface area contributed by atoms with Crippen LogP contribution >= 0.6 is 0 Å². The topological polar surface area (TPSA) is 38.5 Å². The Morgan fingerprint density at radius 2 is 1.74 bits per heavy atom. The van der Waals surface area contributed by atoms with Crippen molar-refractivity contribution < 1.29 is 4.74 Å². The first-order valence-electron chi connectivity index (χ1n) is 7.23. The Morgan fingerprint density at radius 3 is 2.26 bits per heavy atom. The molecule has 1 aromatic carbocycles. The monoisotopic (exact) mass is 262 g/mol. The first kappa shape index (κ1) is 14.4. The van der Waals surface area contributed by atoms with Crippen LogP contribution in [-0.2, 0) is 0 Å². The summed E-state index contributed by atoms with van der Waals surface area (Å²) in [5, 5.41) is 0. The number of methoxy groups -OCH3 is 1. The van der Waals surface area contributed by atoms with Crippen LogP contribution < -0.4 is 10.5 Å². The number of ether oxygens (including phenoxy) is 1. The fourth-order valence-electron chi connectivity index (χ4n) is 2.94. The summed E-state index contributed by atoms with van der Waals surface area (Å²) in [6, 6.07) is 9.92. The molecule has 0 aliphatic heterocycles. The number of rotatable bonds is 4. The maximum absolute atomic E-state index is 5.98. The van der Waals surface area contributed by atoms with Crippen molar-refractivity contribution in [1.29, 1.82) is 0 Å². The standard InChI is InChI=1S/C16H26N2O/c1-12(13-4-10-16(19-3)11-5-13)18(2)15-8-6-14(17)7-9-15/h4-5,10-12,14-15H,6-9,17H2,1-3H3. The molecule has 0 aromatic heterocycles. The Kier molecular flexibility index (Phi) is 4.83. The van der Waals surface area contributed by atoms with Crippen molar-refractivity contribution >= 4 is 0 Å². The maximum Gasteiger partial charge on any atom is 0.118 e. The maximum atomic E-state index is 5.98. The zero-order valence-corrected chi connectivity index (χ0v) is 12.3. The lowest BCUT2D eigenvalue weighted by atomic mass is 9.90. The predicted molar refractivity (Wildman–Crippen MR) is 79.4 cm³/mol. The zero-order chi connectivity index (χ0) is 13.8. The highest BCUT2D eigenvalue weighted by Gasteiger charge is 2.25. The van der Waals surface area contributed by atoms with Gasteiger partial charge in [-0.2, -0.15) is 0 Å². The van der Waals surface area contributed by atoms with Gasteiger partial charge in [0.2, 0.25) is 0 Å². The van der Waals surface area contributed by atoms with Crippen LogP contribution in [0, 0.1) is 0 Å². The lowest BCUT2D eigenvalue weighted by Gasteiger charge is -2.37. The van der Waals surface area contributed by atoms with E-state index in [4.69, 9.17) is 10.5 Å². The molecule has 1 atom stereocenters. The summed E-state index contributed by atoms with van der Waals surface area (Å²) in [6.45, 7) is 2.27. The number of nitrogens with zero attached hydrogens (tertiary/aromatic N) is 1. The average Bonchev–Trinajstić information content (AvgIpc) is 2.46. The van der Waals surface area contributed by atoms with Gasteiger partial charge in [-0.05, 0) is 57.4 Å². The molecule has 2 N–H and O–H groups in total. The van der Waals surface area contributed by atoms with Crippen LogP contribution in [0.15, 0.2) is 24.3 Å². The molecule has 1 aliphatic carbocycles. The van der Waals surface area contributed by atoms with E-state index in [-0.39, 0.29) is 0 Å². The van der Waals surface area contributed by atoms with Gasteiger partial charge in [-0.3, -0.25) is 4.90 Å². The number of benzene rings is 1. The normalized spacial score (nSPS) is 25.3. The third-order valence-electron chi connectivity index (χ3n) is 4.53. The Morgan fingerprint density at radius 1 is 1.16 bits per heavy atom. The van der Waals surface area contributed by atoms with Crippen LogP contribution in [0.5, 0.6) is 5.75 Å². The van der Waals surface area contributed by atoms with E-state index in [2.05, 4.69) is 31.0 Å². The molecule has 106 valence electrons. The van der Waals surface area contributed by atoms with E-state index in [0.717, 1.165) is 18.6 Å². The lowest BCUT2D eigenvalue weighted by molar-refractivity contribution is 0.140. The number of hydrogen-bond acceptors (Lipinski definition) is 3.